The fraction of sp³-hybridized carbons (Fsp3) is 0.708. The topological polar surface area (TPSA) is 42.9 Å². The highest BCUT2D eigenvalue weighted by Gasteiger charge is 2.20. The van der Waals surface area contributed by atoms with Crippen molar-refractivity contribution in [1.29, 1.82) is 0 Å². The highest BCUT2D eigenvalue weighted by Crippen LogP contribution is 2.21. The van der Waals surface area contributed by atoms with Gasteiger partial charge in [-0.1, -0.05) is 49.6 Å². The predicted molar refractivity (Wildman–Crippen MR) is 123 cm³/mol. The molecule has 1 aromatic rings. The molecule has 1 saturated carbocycles. The van der Waals surface area contributed by atoms with E-state index >= 15 is 0 Å². The van der Waals surface area contributed by atoms with Crippen molar-refractivity contribution in [3.63, 3.8) is 0 Å². The van der Waals surface area contributed by atoms with Gasteiger partial charge in [0.1, 0.15) is 0 Å². The van der Waals surface area contributed by atoms with Gasteiger partial charge in [0.15, 0.2) is 5.96 Å². The Bertz CT molecular complexity index is 589. The molecule has 0 aromatic heterocycles. The summed E-state index contributed by atoms with van der Waals surface area (Å²) in [5.41, 5.74) is 1.41. The largest absolute Gasteiger partial charge is 0.356 e. The van der Waals surface area contributed by atoms with E-state index in [9.17, 15) is 0 Å². The zero-order chi connectivity index (χ0) is 20.3. The minimum absolute atomic E-state index is 0.526. The van der Waals surface area contributed by atoms with Crippen LogP contribution in [0.25, 0.3) is 0 Å². The molecule has 1 aromatic carbocycles. The molecule has 5 heteroatoms. The van der Waals surface area contributed by atoms with E-state index in [1.54, 1.807) is 0 Å². The first-order valence-corrected chi connectivity index (χ1v) is 11.7. The minimum atomic E-state index is 0.526. The van der Waals surface area contributed by atoms with Crippen LogP contribution in [0.3, 0.4) is 0 Å². The summed E-state index contributed by atoms with van der Waals surface area (Å²) in [5, 5.41) is 7.16. The van der Waals surface area contributed by atoms with Crippen LogP contribution in [0.2, 0.25) is 0 Å². The zero-order valence-corrected chi connectivity index (χ0v) is 18.6. The molecule has 2 aliphatic rings. The molecule has 0 radical (unpaired) electrons. The normalized spacial score (nSPS) is 20.2. The quantitative estimate of drug-likeness (QED) is 0.399. The van der Waals surface area contributed by atoms with Crippen LogP contribution in [-0.2, 0) is 6.54 Å². The van der Waals surface area contributed by atoms with Crippen LogP contribution in [-0.4, -0.2) is 68.1 Å². The molecule has 5 nitrogen and oxygen atoms in total. The number of aliphatic imine (C=N–C) groups is 1. The lowest BCUT2D eigenvalue weighted by Gasteiger charge is -2.33. The standard InChI is InChI=1S/C24H41N5/c1-25-24(26-16-9-17-28(2)23-12-7-4-8-13-23)27-22-14-18-29(19-15-22)20-21-10-5-3-6-11-21/h3,5-6,10-11,22-23H,4,7-9,12-20H2,1-2H3,(H2,25,26,27). The van der Waals surface area contributed by atoms with E-state index in [1.807, 2.05) is 7.05 Å². The van der Waals surface area contributed by atoms with Crippen LogP contribution >= 0.6 is 0 Å². The summed E-state index contributed by atoms with van der Waals surface area (Å²) in [6, 6.07) is 12.1. The Morgan fingerprint density at radius 2 is 1.79 bits per heavy atom. The van der Waals surface area contributed by atoms with Crippen LogP contribution < -0.4 is 10.6 Å². The monoisotopic (exact) mass is 399 g/mol. The molecule has 1 heterocycles. The molecule has 0 spiro atoms. The third-order valence-corrected chi connectivity index (χ3v) is 6.58. The van der Waals surface area contributed by atoms with Crippen LogP contribution in [0.5, 0.6) is 0 Å². The minimum Gasteiger partial charge on any atom is -0.356 e. The van der Waals surface area contributed by atoms with E-state index in [1.165, 1.54) is 63.5 Å². The zero-order valence-electron chi connectivity index (χ0n) is 18.6. The second kappa shape index (κ2) is 12.2. The maximum Gasteiger partial charge on any atom is 0.191 e. The maximum atomic E-state index is 4.44. The fourth-order valence-corrected chi connectivity index (χ4v) is 4.70. The lowest BCUT2D eigenvalue weighted by atomic mass is 9.94. The highest BCUT2D eigenvalue weighted by atomic mass is 15.2. The number of likely N-dealkylation sites (tertiary alicyclic amines) is 1. The molecule has 2 fully saturated rings. The molecule has 1 aliphatic heterocycles. The molecule has 1 saturated heterocycles. The molecular weight excluding hydrogens is 358 g/mol. The number of hydrogen-bond acceptors (Lipinski definition) is 3. The first-order chi connectivity index (χ1) is 14.2. The first kappa shape index (κ1) is 22.1. The summed E-state index contributed by atoms with van der Waals surface area (Å²) in [6.07, 6.45) is 10.5. The predicted octanol–water partition coefficient (Wildman–Crippen LogP) is 3.47. The summed E-state index contributed by atoms with van der Waals surface area (Å²) < 4.78 is 0. The van der Waals surface area contributed by atoms with Crippen LogP contribution in [0.4, 0.5) is 0 Å². The van der Waals surface area contributed by atoms with Gasteiger partial charge >= 0.3 is 0 Å². The van der Waals surface area contributed by atoms with Crippen molar-refractivity contribution in [2.45, 2.75) is 70.0 Å². The van der Waals surface area contributed by atoms with Crippen LogP contribution in [0.15, 0.2) is 35.3 Å². The average molecular weight is 400 g/mol. The summed E-state index contributed by atoms with van der Waals surface area (Å²) >= 11 is 0. The number of nitrogens with one attached hydrogen (secondary N) is 2. The van der Waals surface area contributed by atoms with E-state index < -0.39 is 0 Å². The van der Waals surface area contributed by atoms with Gasteiger partial charge in [0.2, 0.25) is 0 Å². The third-order valence-electron chi connectivity index (χ3n) is 6.58. The van der Waals surface area contributed by atoms with E-state index in [0.717, 1.165) is 38.2 Å². The van der Waals surface area contributed by atoms with Crippen LogP contribution in [0.1, 0.15) is 56.9 Å². The smallest absolute Gasteiger partial charge is 0.191 e. The molecule has 0 atom stereocenters. The lowest BCUT2D eigenvalue weighted by molar-refractivity contribution is 0.190. The van der Waals surface area contributed by atoms with Gasteiger partial charge < -0.3 is 15.5 Å². The van der Waals surface area contributed by atoms with Crippen molar-refractivity contribution >= 4 is 5.96 Å². The Labute approximate surface area is 178 Å². The summed E-state index contributed by atoms with van der Waals surface area (Å²) in [5.74, 6) is 0.965. The van der Waals surface area contributed by atoms with Gasteiger partial charge in [-0.05, 0) is 51.3 Å². The summed E-state index contributed by atoms with van der Waals surface area (Å²) in [6.45, 7) is 5.52. The molecule has 0 amide bonds. The van der Waals surface area contributed by atoms with E-state index in [0.29, 0.717) is 6.04 Å². The molecule has 2 N–H and O–H groups in total. The maximum absolute atomic E-state index is 4.44. The molecule has 29 heavy (non-hydrogen) atoms. The number of guanidine groups is 1. The Morgan fingerprint density at radius 3 is 2.48 bits per heavy atom. The number of rotatable bonds is 8. The van der Waals surface area contributed by atoms with Crippen molar-refractivity contribution in [3.8, 4) is 0 Å². The number of piperidine rings is 1. The fourth-order valence-electron chi connectivity index (χ4n) is 4.70. The van der Waals surface area contributed by atoms with Gasteiger partial charge in [0, 0.05) is 45.3 Å². The van der Waals surface area contributed by atoms with Gasteiger partial charge in [-0.15, -0.1) is 0 Å². The number of hydrogen-bond donors (Lipinski definition) is 2. The molecule has 162 valence electrons. The Hall–Kier alpha value is -1.59. The van der Waals surface area contributed by atoms with Gasteiger partial charge in [-0.2, -0.15) is 0 Å². The molecule has 0 unspecified atom stereocenters. The molecule has 0 bridgehead atoms. The SMILES string of the molecule is CN=C(NCCCN(C)C1CCCCC1)NC1CCN(Cc2ccccc2)CC1. The molecule has 3 rings (SSSR count). The van der Waals surface area contributed by atoms with Crippen molar-refractivity contribution in [2.24, 2.45) is 4.99 Å². The van der Waals surface area contributed by atoms with Gasteiger partial charge in [-0.25, -0.2) is 0 Å². The van der Waals surface area contributed by atoms with Crippen molar-refractivity contribution in [3.05, 3.63) is 35.9 Å². The lowest BCUT2D eigenvalue weighted by Crippen LogP contribution is -2.48. The average Bonchev–Trinajstić information content (AvgIpc) is 2.78. The van der Waals surface area contributed by atoms with Gasteiger partial charge in [-0.3, -0.25) is 9.89 Å². The summed E-state index contributed by atoms with van der Waals surface area (Å²) in [7, 11) is 4.18. The van der Waals surface area contributed by atoms with Crippen molar-refractivity contribution in [1.82, 2.24) is 20.4 Å². The van der Waals surface area contributed by atoms with Crippen molar-refractivity contribution < 1.29 is 0 Å². The van der Waals surface area contributed by atoms with Crippen molar-refractivity contribution in [2.75, 3.05) is 40.3 Å². The van der Waals surface area contributed by atoms with Crippen LogP contribution in [0, 0.1) is 0 Å². The van der Waals surface area contributed by atoms with Gasteiger partial charge in [0.05, 0.1) is 0 Å². The Kier molecular flexibility index (Phi) is 9.29. The number of nitrogens with zero attached hydrogens (tertiary/aromatic N) is 3. The van der Waals surface area contributed by atoms with E-state index in [2.05, 4.69) is 62.8 Å². The Balaban J connectivity index is 1.29. The first-order valence-electron chi connectivity index (χ1n) is 11.7. The van der Waals surface area contributed by atoms with E-state index in [4.69, 9.17) is 0 Å². The Morgan fingerprint density at radius 1 is 1.07 bits per heavy atom. The number of benzene rings is 1. The van der Waals surface area contributed by atoms with E-state index in [-0.39, 0.29) is 0 Å². The molecule has 1 aliphatic carbocycles. The van der Waals surface area contributed by atoms with Gasteiger partial charge in [0.25, 0.3) is 0 Å². The third kappa shape index (κ3) is 7.63. The second-order valence-corrected chi connectivity index (χ2v) is 8.81. The second-order valence-electron chi connectivity index (χ2n) is 8.81. The molecular formula is C24H41N5. The highest BCUT2D eigenvalue weighted by molar-refractivity contribution is 5.79. The summed E-state index contributed by atoms with van der Waals surface area (Å²) in [4.78, 5) is 9.57.